The van der Waals surface area contributed by atoms with Crippen molar-refractivity contribution in [2.75, 3.05) is 61.1 Å². The van der Waals surface area contributed by atoms with Gasteiger partial charge in [0, 0.05) is 44.0 Å². The number of aromatic nitrogens is 3. The zero-order chi connectivity index (χ0) is 24.7. The Morgan fingerprint density at radius 1 is 0.919 bits per heavy atom. The SMILES string of the molecule is C1=Cc2cnc(Nc3ccc(N4CCC(N5CCOCC5)CC4)cn3)nc2N2C1=NCC21CCCCC1. The second-order valence-electron chi connectivity index (χ2n) is 11.0. The van der Waals surface area contributed by atoms with Gasteiger partial charge in [-0.1, -0.05) is 19.3 Å². The molecule has 1 N–H and O–H groups in total. The van der Waals surface area contributed by atoms with Crippen molar-refractivity contribution in [2.24, 2.45) is 4.99 Å². The van der Waals surface area contributed by atoms with Crippen LogP contribution in [0.4, 0.5) is 23.3 Å². The first kappa shape index (κ1) is 23.1. The summed E-state index contributed by atoms with van der Waals surface area (Å²) in [5, 5.41) is 3.34. The molecule has 1 spiro atoms. The molecule has 1 aliphatic carbocycles. The quantitative estimate of drug-likeness (QED) is 0.678. The number of morpholine rings is 1. The molecule has 37 heavy (non-hydrogen) atoms. The van der Waals surface area contributed by atoms with E-state index < -0.39 is 0 Å². The molecule has 0 aromatic carbocycles. The third-order valence-corrected chi connectivity index (χ3v) is 8.82. The molecule has 2 aromatic heterocycles. The van der Waals surface area contributed by atoms with Crippen molar-refractivity contribution >= 4 is 35.2 Å². The maximum absolute atomic E-state index is 5.52. The van der Waals surface area contributed by atoms with Gasteiger partial charge in [-0.05, 0) is 50.0 Å². The van der Waals surface area contributed by atoms with E-state index in [2.05, 4.69) is 43.2 Å². The summed E-state index contributed by atoms with van der Waals surface area (Å²) < 4.78 is 5.52. The Labute approximate surface area is 218 Å². The molecule has 0 radical (unpaired) electrons. The predicted octanol–water partition coefficient (Wildman–Crippen LogP) is 3.86. The van der Waals surface area contributed by atoms with Crippen LogP contribution in [-0.2, 0) is 4.74 Å². The van der Waals surface area contributed by atoms with E-state index in [4.69, 9.17) is 19.7 Å². The van der Waals surface area contributed by atoms with Crippen molar-refractivity contribution in [3.8, 4) is 0 Å². The molecule has 9 nitrogen and oxygen atoms in total. The number of nitrogens with one attached hydrogen (secondary N) is 1. The number of nitrogens with zero attached hydrogens (tertiary/aromatic N) is 7. The van der Waals surface area contributed by atoms with Crippen LogP contribution >= 0.6 is 0 Å². The molecule has 2 aromatic rings. The lowest BCUT2D eigenvalue weighted by Crippen LogP contribution is -2.52. The van der Waals surface area contributed by atoms with Crippen molar-refractivity contribution in [3.63, 3.8) is 0 Å². The van der Waals surface area contributed by atoms with Crippen LogP contribution in [0.25, 0.3) is 6.08 Å². The fourth-order valence-electron chi connectivity index (χ4n) is 6.76. The van der Waals surface area contributed by atoms with E-state index >= 15 is 0 Å². The smallest absolute Gasteiger partial charge is 0.230 e. The van der Waals surface area contributed by atoms with Gasteiger partial charge >= 0.3 is 0 Å². The number of anilines is 4. The number of hydrogen-bond acceptors (Lipinski definition) is 9. The van der Waals surface area contributed by atoms with Crippen LogP contribution in [0.15, 0.2) is 35.6 Å². The molecule has 194 valence electrons. The van der Waals surface area contributed by atoms with E-state index in [0.29, 0.717) is 12.0 Å². The molecule has 0 bridgehead atoms. The summed E-state index contributed by atoms with van der Waals surface area (Å²) in [6.45, 7) is 6.89. The number of piperidine rings is 1. The lowest BCUT2D eigenvalue weighted by molar-refractivity contribution is 0.0115. The van der Waals surface area contributed by atoms with Crippen LogP contribution in [0.1, 0.15) is 50.5 Å². The molecule has 6 heterocycles. The Balaban J connectivity index is 1.03. The zero-order valence-corrected chi connectivity index (χ0v) is 21.5. The number of hydrogen-bond donors (Lipinski definition) is 1. The van der Waals surface area contributed by atoms with E-state index in [-0.39, 0.29) is 5.54 Å². The van der Waals surface area contributed by atoms with Gasteiger partial charge < -0.3 is 19.9 Å². The highest BCUT2D eigenvalue weighted by Gasteiger charge is 2.46. The summed E-state index contributed by atoms with van der Waals surface area (Å²) in [6.07, 6.45) is 16.7. The topological polar surface area (TPSA) is 82.0 Å². The molecule has 1 saturated carbocycles. The van der Waals surface area contributed by atoms with E-state index in [0.717, 1.165) is 69.0 Å². The largest absolute Gasteiger partial charge is 0.379 e. The lowest BCUT2D eigenvalue weighted by Gasteiger charge is -2.43. The number of aliphatic imine (C=N–C) groups is 1. The third kappa shape index (κ3) is 4.38. The summed E-state index contributed by atoms with van der Waals surface area (Å²) in [6, 6.07) is 4.88. The van der Waals surface area contributed by atoms with E-state index in [1.165, 1.54) is 50.6 Å². The molecule has 0 unspecified atom stereocenters. The summed E-state index contributed by atoms with van der Waals surface area (Å²) in [5.41, 5.74) is 2.31. The third-order valence-electron chi connectivity index (χ3n) is 8.82. The van der Waals surface area contributed by atoms with Crippen LogP contribution in [-0.4, -0.2) is 83.2 Å². The molecule has 4 aliphatic heterocycles. The molecule has 0 atom stereocenters. The molecule has 5 aliphatic rings. The summed E-state index contributed by atoms with van der Waals surface area (Å²) in [4.78, 5) is 26.6. The van der Waals surface area contributed by atoms with Gasteiger partial charge in [0.2, 0.25) is 5.95 Å². The highest BCUT2D eigenvalue weighted by molar-refractivity contribution is 6.13. The molecular formula is C28H36N8O. The fraction of sp³-hybridized carbons (Fsp3) is 0.571. The fourth-order valence-corrected chi connectivity index (χ4v) is 6.76. The normalized spacial score (nSPS) is 23.6. The Kier molecular flexibility index (Phi) is 6.05. The van der Waals surface area contributed by atoms with Crippen LogP contribution in [0.2, 0.25) is 0 Å². The molecule has 2 saturated heterocycles. The Morgan fingerprint density at radius 2 is 1.76 bits per heavy atom. The van der Waals surface area contributed by atoms with Crippen molar-refractivity contribution in [2.45, 2.75) is 56.5 Å². The zero-order valence-electron chi connectivity index (χ0n) is 21.5. The number of ether oxygens (including phenoxy) is 1. The highest BCUT2D eigenvalue weighted by Crippen LogP contribution is 2.43. The Bertz CT molecular complexity index is 1180. The number of fused-ring (bicyclic) bond motifs is 4. The van der Waals surface area contributed by atoms with Crippen molar-refractivity contribution in [1.82, 2.24) is 19.9 Å². The molecule has 7 rings (SSSR count). The van der Waals surface area contributed by atoms with E-state index in [1.807, 2.05) is 18.5 Å². The van der Waals surface area contributed by atoms with Gasteiger partial charge in [-0.25, -0.2) is 9.97 Å². The standard InChI is InChI=1S/C28H36N8O/c1-2-10-28(11-3-1)20-31-25-7-4-21-18-30-27(33-26(21)36(25)28)32-24-6-5-23(19-29-24)34-12-8-22(9-13-34)35-14-16-37-17-15-35/h4-7,18-19,22H,1-3,8-17,20H2,(H,29,30,32,33). The maximum Gasteiger partial charge on any atom is 0.230 e. The highest BCUT2D eigenvalue weighted by atomic mass is 16.5. The van der Waals surface area contributed by atoms with Crippen LogP contribution in [0.5, 0.6) is 0 Å². The minimum atomic E-state index is 0.0772. The van der Waals surface area contributed by atoms with Gasteiger partial charge in [0.1, 0.15) is 17.5 Å². The maximum atomic E-state index is 5.52. The van der Waals surface area contributed by atoms with Gasteiger partial charge in [-0.2, -0.15) is 4.98 Å². The van der Waals surface area contributed by atoms with E-state index in [1.54, 1.807) is 0 Å². The Hall–Kier alpha value is -3.04. The first-order chi connectivity index (χ1) is 18.3. The molecule has 9 heteroatoms. The minimum absolute atomic E-state index is 0.0772. The molecule has 3 fully saturated rings. The van der Waals surface area contributed by atoms with Crippen LogP contribution in [0.3, 0.4) is 0 Å². The minimum Gasteiger partial charge on any atom is -0.379 e. The van der Waals surface area contributed by atoms with Crippen molar-refractivity contribution < 1.29 is 4.74 Å². The Morgan fingerprint density at radius 3 is 2.54 bits per heavy atom. The number of rotatable bonds is 4. The number of amidine groups is 1. The van der Waals surface area contributed by atoms with Gasteiger partial charge in [0.25, 0.3) is 0 Å². The number of pyridine rings is 1. The van der Waals surface area contributed by atoms with Crippen molar-refractivity contribution in [1.29, 1.82) is 0 Å². The lowest BCUT2D eigenvalue weighted by atomic mass is 9.80. The summed E-state index contributed by atoms with van der Waals surface area (Å²) in [7, 11) is 0. The first-order valence-electron chi connectivity index (χ1n) is 14.0. The second kappa shape index (κ2) is 9.68. The second-order valence-corrected chi connectivity index (χ2v) is 11.0. The average Bonchev–Trinajstić information content (AvgIpc) is 3.32. The van der Waals surface area contributed by atoms with Crippen molar-refractivity contribution in [3.05, 3.63) is 36.2 Å². The monoisotopic (exact) mass is 500 g/mol. The molecule has 0 amide bonds. The van der Waals surface area contributed by atoms with Gasteiger partial charge in [-0.3, -0.25) is 9.89 Å². The van der Waals surface area contributed by atoms with E-state index in [9.17, 15) is 0 Å². The van der Waals surface area contributed by atoms with Gasteiger partial charge in [-0.15, -0.1) is 0 Å². The summed E-state index contributed by atoms with van der Waals surface area (Å²) >= 11 is 0. The van der Waals surface area contributed by atoms with Crippen LogP contribution in [0, 0.1) is 0 Å². The predicted molar refractivity (Wildman–Crippen MR) is 147 cm³/mol. The van der Waals surface area contributed by atoms with Gasteiger partial charge in [0.15, 0.2) is 0 Å². The van der Waals surface area contributed by atoms with Crippen LogP contribution < -0.4 is 15.1 Å². The van der Waals surface area contributed by atoms with Gasteiger partial charge in [0.05, 0.1) is 37.2 Å². The first-order valence-corrected chi connectivity index (χ1v) is 14.0. The molecular weight excluding hydrogens is 464 g/mol. The average molecular weight is 501 g/mol. The summed E-state index contributed by atoms with van der Waals surface area (Å²) in [5.74, 6) is 3.36.